The monoisotopic (exact) mass is 244 g/mol. The van der Waals surface area contributed by atoms with Crippen LogP contribution in [0.2, 0.25) is 0 Å². The van der Waals surface area contributed by atoms with Gasteiger partial charge in [-0.05, 0) is 30.9 Å². The Morgan fingerprint density at radius 3 is 2.72 bits per heavy atom. The largest absolute Gasteiger partial charge is 0.508 e. The lowest BCUT2D eigenvalue weighted by Gasteiger charge is -2.13. The zero-order valence-corrected chi connectivity index (χ0v) is 11.2. The Morgan fingerprint density at radius 2 is 2.17 bits per heavy atom. The highest BCUT2D eigenvalue weighted by molar-refractivity contribution is 5.45. The Balaban J connectivity index is 2.30. The molecule has 0 saturated heterocycles. The number of hydrogen-bond donors (Lipinski definition) is 1. The van der Waals surface area contributed by atoms with Crippen LogP contribution in [0.3, 0.4) is 0 Å². The van der Waals surface area contributed by atoms with Crippen LogP contribution in [0.4, 0.5) is 0 Å². The lowest BCUT2D eigenvalue weighted by atomic mass is 9.95. The van der Waals surface area contributed by atoms with Gasteiger partial charge in [-0.1, -0.05) is 26.3 Å². The SMILES string of the molecule is CCCC(C)c1ccc(-n2cnc(C)c2)cc1O. The summed E-state index contributed by atoms with van der Waals surface area (Å²) in [7, 11) is 0. The predicted molar refractivity (Wildman–Crippen MR) is 73.3 cm³/mol. The van der Waals surface area contributed by atoms with Gasteiger partial charge in [-0.3, -0.25) is 0 Å². The second-order valence-corrected chi connectivity index (χ2v) is 4.86. The van der Waals surface area contributed by atoms with Crippen molar-refractivity contribution in [3.63, 3.8) is 0 Å². The fourth-order valence-corrected chi connectivity index (χ4v) is 2.26. The predicted octanol–water partition coefficient (Wildman–Crippen LogP) is 3.79. The van der Waals surface area contributed by atoms with Crippen molar-refractivity contribution in [3.8, 4) is 11.4 Å². The number of phenols is 1. The van der Waals surface area contributed by atoms with Crippen molar-refractivity contribution >= 4 is 0 Å². The quantitative estimate of drug-likeness (QED) is 0.888. The van der Waals surface area contributed by atoms with Crippen molar-refractivity contribution in [1.82, 2.24) is 9.55 Å². The normalized spacial score (nSPS) is 12.6. The first kappa shape index (κ1) is 12.7. The fraction of sp³-hybridized carbons (Fsp3) is 0.400. The second-order valence-electron chi connectivity index (χ2n) is 4.86. The Morgan fingerprint density at radius 1 is 1.39 bits per heavy atom. The molecular formula is C15H20N2O. The van der Waals surface area contributed by atoms with Crippen molar-refractivity contribution in [3.05, 3.63) is 42.0 Å². The van der Waals surface area contributed by atoms with Crippen LogP contribution in [0.25, 0.3) is 5.69 Å². The van der Waals surface area contributed by atoms with E-state index in [9.17, 15) is 5.11 Å². The van der Waals surface area contributed by atoms with E-state index < -0.39 is 0 Å². The van der Waals surface area contributed by atoms with Crippen LogP contribution in [0.15, 0.2) is 30.7 Å². The van der Waals surface area contributed by atoms with Crippen molar-refractivity contribution in [2.75, 3.05) is 0 Å². The molecule has 1 N–H and O–H groups in total. The summed E-state index contributed by atoms with van der Waals surface area (Å²) < 4.78 is 1.92. The van der Waals surface area contributed by atoms with Gasteiger partial charge in [0.1, 0.15) is 5.75 Å². The molecule has 0 bridgehead atoms. The molecular weight excluding hydrogens is 224 g/mol. The molecule has 0 amide bonds. The number of rotatable bonds is 4. The molecule has 0 aliphatic heterocycles. The van der Waals surface area contributed by atoms with Crippen molar-refractivity contribution in [1.29, 1.82) is 0 Å². The lowest BCUT2D eigenvalue weighted by Crippen LogP contribution is -1.96. The molecule has 0 radical (unpaired) electrons. The number of imidazole rings is 1. The van der Waals surface area contributed by atoms with E-state index in [0.717, 1.165) is 29.8 Å². The maximum Gasteiger partial charge on any atom is 0.121 e. The van der Waals surface area contributed by atoms with Crippen molar-refractivity contribution in [2.24, 2.45) is 0 Å². The van der Waals surface area contributed by atoms with Gasteiger partial charge >= 0.3 is 0 Å². The number of phenolic OH excluding ortho intramolecular Hbond substituents is 1. The van der Waals surface area contributed by atoms with Gasteiger partial charge in [0.2, 0.25) is 0 Å². The first-order valence-corrected chi connectivity index (χ1v) is 6.45. The minimum absolute atomic E-state index is 0.375. The first-order valence-electron chi connectivity index (χ1n) is 6.45. The molecule has 1 aromatic heterocycles. The third-order valence-electron chi connectivity index (χ3n) is 3.28. The summed E-state index contributed by atoms with van der Waals surface area (Å²) in [4.78, 5) is 4.19. The highest BCUT2D eigenvalue weighted by Crippen LogP contribution is 2.30. The average molecular weight is 244 g/mol. The second kappa shape index (κ2) is 5.25. The fourth-order valence-electron chi connectivity index (χ4n) is 2.26. The lowest BCUT2D eigenvalue weighted by molar-refractivity contribution is 0.460. The molecule has 0 fully saturated rings. The van der Waals surface area contributed by atoms with Crippen LogP contribution in [0.5, 0.6) is 5.75 Å². The maximum absolute atomic E-state index is 10.1. The van der Waals surface area contributed by atoms with Crippen LogP contribution >= 0.6 is 0 Å². The molecule has 0 aliphatic carbocycles. The summed E-state index contributed by atoms with van der Waals surface area (Å²) in [5, 5.41) is 10.1. The third-order valence-corrected chi connectivity index (χ3v) is 3.28. The summed E-state index contributed by atoms with van der Waals surface area (Å²) >= 11 is 0. The summed E-state index contributed by atoms with van der Waals surface area (Å²) in [6, 6.07) is 5.85. The van der Waals surface area contributed by atoms with E-state index in [1.807, 2.05) is 35.9 Å². The first-order chi connectivity index (χ1) is 8.61. The van der Waals surface area contributed by atoms with Crippen LogP contribution in [0, 0.1) is 6.92 Å². The Hall–Kier alpha value is -1.77. The summed E-state index contributed by atoms with van der Waals surface area (Å²) in [6.45, 7) is 6.27. The Kier molecular flexibility index (Phi) is 3.70. The van der Waals surface area contributed by atoms with Crippen LogP contribution < -0.4 is 0 Å². The van der Waals surface area contributed by atoms with E-state index in [0.29, 0.717) is 11.7 Å². The molecule has 0 spiro atoms. The topological polar surface area (TPSA) is 38.0 Å². The number of benzene rings is 1. The van der Waals surface area contributed by atoms with E-state index in [1.165, 1.54) is 0 Å². The smallest absolute Gasteiger partial charge is 0.121 e. The number of nitrogens with zero attached hydrogens (tertiary/aromatic N) is 2. The number of aromatic hydroxyl groups is 1. The highest BCUT2D eigenvalue weighted by Gasteiger charge is 2.10. The van der Waals surface area contributed by atoms with Crippen LogP contribution in [0.1, 0.15) is 43.9 Å². The van der Waals surface area contributed by atoms with Gasteiger partial charge in [0.25, 0.3) is 0 Å². The van der Waals surface area contributed by atoms with Gasteiger partial charge in [0.05, 0.1) is 17.7 Å². The zero-order valence-electron chi connectivity index (χ0n) is 11.2. The molecule has 2 rings (SSSR count). The molecule has 0 aliphatic rings. The number of aromatic nitrogens is 2. The summed E-state index contributed by atoms with van der Waals surface area (Å²) in [6.07, 6.45) is 5.93. The summed E-state index contributed by atoms with van der Waals surface area (Å²) in [5.74, 6) is 0.772. The third kappa shape index (κ3) is 2.55. The van der Waals surface area contributed by atoms with Gasteiger partial charge in [-0.2, -0.15) is 0 Å². The van der Waals surface area contributed by atoms with Gasteiger partial charge in [-0.15, -0.1) is 0 Å². The molecule has 3 heteroatoms. The van der Waals surface area contributed by atoms with Crippen LogP contribution in [-0.2, 0) is 0 Å². The highest BCUT2D eigenvalue weighted by atomic mass is 16.3. The van der Waals surface area contributed by atoms with E-state index >= 15 is 0 Å². The van der Waals surface area contributed by atoms with Crippen molar-refractivity contribution < 1.29 is 5.11 Å². The van der Waals surface area contributed by atoms with E-state index in [-0.39, 0.29) is 0 Å². The minimum atomic E-state index is 0.375. The average Bonchev–Trinajstić information content (AvgIpc) is 2.76. The Bertz CT molecular complexity index is 531. The van der Waals surface area contributed by atoms with E-state index in [2.05, 4.69) is 18.8 Å². The number of aryl methyl sites for hydroxylation is 1. The Labute approximate surface area is 108 Å². The van der Waals surface area contributed by atoms with Gasteiger partial charge < -0.3 is 9.67 Å². The molecule has 96 valence electrons. The van der Waals surface area contributed by atoms with Crippen LogP contribution in [-0.4, -0.2) is 14.7 Å². The molecule has 1 aromatic carbocycles. The van der Waals surface area contributed by atoms with Crippen molar-refractivity contribution in [2.45, 2.75) is 39.5 Å². The van der Waals surface area contributed by atoms with Gasteiger partial charge in [-0.25, -0.2) is 4.98 Å². The molecule has 0 saturated carbocycles. The molecule has 2 aromatic rings. The number of hydrogen-bond acceptors (Lipinski definition) is 2. The standard InChI is InChI=1S/C15H20N2O/c1-4-5-11(2)14-7-6-13(8-15(14)18)17-9-12(3)16-10-17/h6-11,18H,4-5H2,1-3H3. The van der Waals surface area contributed by atoms with E-state index in [4.69, 9.17) is 0 Å². The van der Waals surface area contributed by atoms with Gasteiger partial charge in [0, 0.05) is 12.3 Å². The molecule has 1 heterocycles. The molecule has 1 atom stereocenters. The molecule has 18 heavy (non-hydrogen) atoms. The molecule has 1 unspecified atom stereocenters. The molecule has 3 nitrogen and oxygen atoms in total. The van der Waals surface area contributed by atoms with Gasteiger partial charge in [0.15, 0.2) is 0 Å². The summed E-state index contributed by atoms with van der Waals surface area (Å²) in [5.41, 5.74) is 2.94. The zero-order chi connectivity index (χ0) is 13.1. The van der Waals surface area contributed by atoms with E-state index in [1.54, 1.807) is 6.33 Å². The minimum Gasteiger partial charge on any atom is -0.508 e. The maximum atomic E-state index is 10.1.